The van der Waals surface area contributed by atoms with Gasteiger partial charge in [-0.25, -0.2) is 0 Å². The number of carbonyl (C=O) groups excluding carboxylic acids is 2. The van der Waals surface area contributed by atoms with Crippen molar-refractivity contribution in [3.05, 3.63) is 28.8 Å². The fraction of sp³-hybridized carbons (Fsp3) is 0.619. The van der Waals surface area contributed by atoms with Gasteiger partial charge in [0.25, 0.3) is 0 Å². The SMILES string of the molecule is CC(C)[C@H](Nc1ccc(C(F)(F)F)cc1Cl)C(=O)N1CCN(CC(=O)NC2CC2)CC1. The van der Waals surface area contributed by atoms with Gasteiger partial charge in [-0.2, -0.15) is 13.2 Å². The summed E-state index contributed by atoms with van der Waals surface area (Å²) >= 11 is 6.05. The molecule has 0 spiro atoms. The normalized spacial score (nSPS) is 18.7. The number of halogens is 4. The molecule has 1 atom stereocenters. The molecule has 1 saturated carbocycles. The Morgan fingerprint density at radius 2 is 1.81 bits per heavy atom. The largest absolute Gasteiger partial charge is 0.416 e. The van der Waals surface area contributed by atoms with Crippen molar-refractivity contribution >= 4 is 29.1 Å². The second-order valence-electron chi connectivity index (χ2n) is 8.50. The Bertz CT molecular complexity index is 806. The second-order valence-corrected chi connectivity index (χ2v) is 8.91. The third kappa shape index (κ3) is 6.49. The van der Waals surface area contributed by atoms with Crippen LogP contribution in [0.1, 0.15) is 32.3 Å². The third-order valence-electron chi connectivity index (χ3n) is 5.53. The smallest absolute Gasteiger partial charge is 0.372 e. The number of benzene rings is 1. The van der Waals surface area contributed by atoms with Crippen molar-refractivity contribution in [2.24, 2.45) is 5.92 Å². The molecule has 172 valence electrons. The van der Waals surface area contributed by atoms with Gasteiger partial charge in [-0.05, 0) is 37.0 Å². The molecule has 1 saturated heterocycles. The van der Waals surface area contributed by atoms with E-state index < -0.39 is 17.8 Å². The molecule has 0 bridgehead atoms. The first-order chi connectivity index (χ1) is 14.5. The highest BCUT2D eigenvalue weighted by atomic mass is 35.5. The summed E-state index contributed by atoms with van der Waals surface area (Å²) in [5.74, 6) is -0.220. The zero-order chi connectivity index (χ0) is 22.8. The lowest BCUT2D eigenvalue weighted by Gasteiger charge is -2.37. The van der Waals surface area contributed by atoms with E-state index in [1.165, 1.54) is 6.07 Å². The minimum absolute atomic E-state index is 0.0148. The monoisotopic (exact) mass is 460 g/mol. The Morgan fingerprint density at radius 1 is 1.16 bits per heavy atom. The third-order valence-corrected chi connectivity index (χ3v) is 5.85. The van der Waals surface area contributed by atoms with Crippen LogP contribution >= 0.6 is 11.6 Å². The lowest BCUT2D eigenvalue weighted by molar-refractivity contribution is -0.138. The highest BCUT2D eigenvalue weighted by molar-refractivity contribution is 6.33. The predicted molar refractivity (Wildman–Crippen MR) is 113 cm³/mol. The molecule has 1 aromatic carbocycles. The number of alkyl halides is 3. The van der Waals surface area contributed by atoms with E-state index in [1.54, 1.807) is 4.90 Å². The van der Waals surface area contributed by atoms with Crippen LogP contribution in [0.5, 0.6) is 0 Å². The molecule has 0 radical (unpaired) electrons. The Morgan fingerprint density at radius 3 is 2.32 bits per heavy atom. The molecule has 10 heteroatoms. The number of carbonyl (C=O) groups is 2. The van der Waals surface area contributed by atoms with Crippen LogP contribution in [-0.2, 0) is 15.8 Å². The van der Waals surface area contributed by atoms with E-state index in [1.807, 2.05) is 18.7 Å². The molecule has 1 aliphatic heterocycles. The number of piperazine rings is 1. The molecule has 2 N–H and O–H groups in total. The number of rotatable bonds is 7. The van der Waals surface area contributed by atoms with Gasteiger partial charge in [0, 0.05) is 32.2 Å². The number of hydrogen-bond acceptors (Lipinski definition) is 4. The fourth-order valence-corrected chi connectivity index (χ4v) is 3.75. The van der Waals surface area contributed by atoms with Crippen molar-refractivity contribution in [1.29, 1.82) is 0 Å². The van der Waals surface area contributed by atoms with E-state index in [4.69, 9.17) is 11.6 Å². The standard InChI is InChI=1S/C21H28ClF3N4O2/c1-13(2)19(27-17-6-3-14(11-16(17)22)21(23,24)25)20(31)29-9-7-28(8-10-29)12-18(30)26-15-4-5-15/h3,6,11,13,15,19,27H,4-5,7-10,12H2,1-2H3,(H,26,30)/t19-/m0/s1. The van der Waals surface area contributed by atoms with Crippen molar-refractivity contribution in [3.63, 3.8) is 0 Å². The van der Waals surface area contributed by atoms with Crippen LogP contribution in [0.3, 0.4) is 0 Å². The minimum Gasteiger partial charge on any atom is -0.372 e. The Labute approximate surface area is 185 Å². The quantitative estimate of drug-likeness (QED) is 0.656. The van der Waals surface area contributed by atoms with Crippen molar-refractivity contribution in [2.75, 3.05) is 38.0 Å². The van der Waals surface area contributed by atoms with E-state index in [0.29, 0.717) is 38.8 Å². The summed E-state index contributed by atoms with van der Waals surface area (Å²) in [6.07, 6.45) is -2.40. The summed E-state index contributed by atoms with van der Waals surface area (Å²) in [6, 6.07) is 2.76. The van der Waals surface area contributed by atoms with Gasteiger partial charge in [-0.3, -0.25) is 14.5 Å². The van der Waals surface area contributed by atoms with Crippen molar-refractivity contribution in [2.45, 2.75) is 44.9 Å². The number of anilines is 1. The summed E-state index contributed by atoms with van der Waals surface area (Å²) in [6.45, 7) is 6.22. The van der Waals surface area contributed by atoms with Crippen molar-refractivity contribution in [3.8, 4) is 0 Å². The lowest BCUT2D eigenvalue weighted by atomic mass is 10.0. The Hall–Kier alpha value is -2.00. The Balaban J connectivity index is 1.57. The first kappa shape index (κ1) is 23.7. The molecule has 3 rings (SSSR count). The molecule has 6 nitrogen and oxygen atoms in total. The van der Waals surface area contributed by atoms with E-state index in [2.05, 4.69) is 10.6 Å². The molecular formula is C21H28ClF3N4O2. The van der Waals surface area contributed by atoms with Crippen LogP contribution in [0.15, 0.2) is 18.2 Å². The zero-order valence-corrected chi connectivity index (χ0v) is 18.4. The molecule has 2 fully saturated rings. The van der Waals surface area contributed by atoms with Crippen LogP contribution in [0.25, 0.3) is 0 Å². The van der Waals surface area contributed by atoms with Crippen molar-refractivity contribution in [1.82, 2.24) is 15.1 Å². The number of nitrogens with zero attached hydrogens (tertiary/aromatic N) is 2. The van der Waals surface area contributed by atoms with E-state index >= 15 is 0 Å². The van der Waals surface area contributed by atoms with Gasteiger partial charge in [0.1, 0.15) is 6.04 Å². The molecule has 1 aromatic rings. The summed E-state index contributed by atoms with van der Waals surface area (Å²) in [4.78, 5) is 28.8. The van der Waals surface area contributed by atoms with Crippen LogP contribution in [0.2, 0.25) is 5.02 Å². The van der Waals surface area contributed by atoms with E-state index in [-0.39, 0.29) is 28.4 Å². The van der Waals surface area contributed by atoms with Gasteiger partial charge >= 0.3 is 6.18 Å². The number of nitrogens with one attached hydrogen (secondary N) is 2. The molecule has 31 heavy (non-hydrogen) atoms. The average molecular weight is 461 g/mol. The maximum Gasteiger partial charge on any atom is 0.416 e. The average Bonchev–Trinajstić information content (AvgIpc) is 3.50. The topological polar surface area (TPSA) is 64.7 Å². The first-order valence-corrected chi connectivity index (χ1v) is 10.9. The van der Waals surface area contributed by atoms with Gasteiger partial charge in [0.05, 0.1) is 22.8 Å². The maximum absolute atomic E-state index is 13.1. The summed E-state index contributed by atoms with van der Waals surface area (Å²) in [5, 5.41) is 5.90. The molecule has 0 unspecified atom stereocenters. The molecular weight excluding hydrogens is 433 g/mol. The molecule has 1 aliphatic carbocycles. The van der Waals surface area contributed by atoms with E-state index in [0.717, 1.165) is 25.0 Å². The van der Waals surface area contributed by atoms with Crippen LogP contribution in [-0.4, -0.2) is 66.4 Å². The summed E-state index contributed by atoms with van der Waals surface area (Å²) in [7, 11) is 0. The fourth-order valence-electron chi connectivity index (χ4n) is 3.52. The predicted octanol–water partition coefficient (Wildman–Crippen LogP) is 3.22. The van der Waals surface area contributed by atoms with Crippen LogP contribution in [0, 0.1) is 5.92 Å². The second kappa shape index (κ2) is 9.65. The maximum atomic E-state index is 13.1. The number of hydrogen-bond donors (Lipinski definition) is 2. The van der Waals surface area contributed by atoms with E-state index in [9.17, 15) is 22.8 Å². The molecule has 1 heterocycles. The lowest BCUT2D eigenvalue weighted by Crippen LogP contribution is -2.55. The van der Waals surface area contributed by atoms with Gasteiger partial charge in [-0.1, -0.05) is 25.4 Å². The van der Waals surface area contributed by atoms with Crippen molar-refractivity contribution < 1.29 is 22.8 Å². The van der Waals surface area contributed by atoms with Crippen LogP contribution < -0.4 is 10.6 Å². The van der Waals surface area contributed by atoms with Gasteiger partial charge < -0.3 is 15.5 Å². The van der Waals surface area contributed by atoms with Gasteiger partial charge in [0.2, 0.25) is 11.8 Å². The number of amides is 2. The van der Waals surface area contributed by atoms with Crippen LogP contribution in [0.4, 0.5) is 18.9 Å². The molecule has 0 aromatic heterocycles. The van der Waals surface area contributed by atoms with Gasteiger partial charge in [0.15, 0.2) is 0 Å². The highest BCUT2D eigenvalue weighted by Gasteiger charge is 2.33. The first-order valence-electron chi connectivity index (χ1n) is 10.5. The highest BCUT2D eigenvalue weighted by Crippen LogP contribution is 2.34. The summed E-state index contributed by atoms with van der Waals surface area (Å²) in [5.41, 5.74) is -0.547. The molecule has 2 aliphatic rings. The van der Waals surface area contributed by atoms with Gasteiger partial charge in [-0.15, -0.1) is 0 Å². The minimum atomic E-state index is -4.48. The zero-order valence-electron chi connectivity index (χ0n) is 17.6. The Kier molecular flexibility index (Phi) is 7.36. The summed E-state index contributed by atoms with van der Waals surface area (Å²) < 4.78 is 38.6. The molecule has 2 amide bonds.